The number of rotatable bonds is 3. The van der Waals surface area contributed by atoms with E-state index < -0.39 is 11.4 Å². The van der Waals surface area contributed by atoms with E-state index >= 15 is 0 Å². The molecule has 0 aromatic heterocycles. The standard InChI is InChI=1S/C11H14ClNO2/c1-3-11(2,10(14)15)7-5-4-6-8(12)9(7)13/h4-6H,3,13H2,1-2H3,(H,14,15). The van der Waals surface area contributed by atoms with Crippen LogP contribution in [0.1, 0.15) is 25.8 Å². The van der Waals surface area contributed by atoms with Crippen LogP contribution < -0.4 is 5.73 Å². The van der Waals surface area contributed by atoms with Crippen LogP contribution >= 0.6 is 11.6 Å². The quantitative estimate of drug-likeness (QED) is 0.781. The molecule has 0 fully saturated rings. The number of nitrogen functional groups attached to an aromatic ring is 1. The van der Waals surface area contributed by atoms with Gasteiger partial charge in [-0.3, -0.25) is 4.79 Å². The van der Waals surface area contributed by atoms with E-state index in [4.69, 9.17) is 17.3 Å². The van der Waals surface area contributed by atoms with Gasteiger partial charge < -0.3 is 10.8 Å². The highest BCUT2D eigenvalue weighted by molar-refractivity contribution is 6.33. The van der Waals surface area contributed by atoms with Crippen LogP contribution in [-0.2, 0) is 10.2 Å². The first-order valence-corrected chi connectivity index (χ1v) is 5.09. The summed E-state index contributed by atoms with van der Waals surface area (Å²) in [6, 6.07) is 5.07. The van der Waals surface area contributed by atoms with Gasteiger partial charge in [-0.1, -0.05) is 30.7 Å². The van der Waals surface area contributed by atoms with Crippen LogP contribution in [0, 0.1) is 0 Å². The number of hydrogen-bond donors (Lipinski definition) is 2. The number of aliphatic carboxylic acids is 1. The molecule has 1 atom stereocenters. The molecule has 0 aliphatic carbocycles. The van der Waals surface area contributed by atoms with Gasteiger partial charge in [-0.15, -0.1) is 0 Å². The van der Waals surface area contributed by atoms with Crippen molar-refractivity contribution in [2.45, 2.75) is 25.7 Å². The van der Waals surface area contributed by atoms with E-state index in [1.807, 2.05) is 6.92 Å². The van der Waals surface area contributed by atoms with E-state index in [2.05, 4.69) is 0 Å². The van der Waals surface area contributed by atoms with Gasteiger partial charge in [0.2, 0.25) is 0 Å². The van der Waals surface area contributed by atoms with E-state index in [-0.39, 0.29) is 0 Å². The van der Waals surface area contributed by atoms with Gasteiger partial charge in [0.1, 0.15) is 0 Å². The minimum Gasteiger partial charge on any atom is -0.481 e. The third-order valence-electron chi connectivity index (χ3n) is 2.83. The lowest BCUT2D eigenvalue weighted by Gasteiger charge is -2.25. The molecule has 3 N–H and O–H groups in total. The molecule has 82 valence electrons. The van der Waals surface area contributed by atoms with Gasteiger partial charge >= 0.3 is 5.97 Å². The van der Waals surface area contributed by atoms with Crippen molar-refractivity contribution in [1.82, 2.24) is 0 Å². The first-order valence-electron chi connectivity index (χ1n) is 4.71. The predicted molar refractivity (Wildman–Crippen MR) is 61.1 cm³/mol. The summed E-state index contributed by atoms with van der Waals surface area (Å²) in [5.74, 6) is -0.890. The zero-order chi connectivity index (χ0) is 11.6. The zero-order valence-electron chi connectivity index (χ0n) is 8.75. The molecule has 15 heavy (non-hydrogen) atoms. The van der Waals surface area contributed by atoms with E-state index in [1.165, 1.54) is 0 Å². The highest BCUT2D eigenvalue weighted by Gasteiger charge is 2.35. The minimum atomic E-state index is -0.977. The second-order valence-electron chi connectivity index (χ2n) is 3.69. The molecule has 1 rings (SSSR count). The molecule has 0 amide bonds. The summed E-state index contributed by atoms with van der Waals surface area (Å²) in [7, 11) is 0. The Hall–Kier alpha value is -1.22. The van der Waals surface area contributed by atoms with Crippen molar-refractivity contribution in [1.29, 1.82) is 0 Å². The maximum Gasteiger partial charge on any atom is 0.313 e. The van der Waals surface area contributed by atoms with Crippen molar-refractivity contribution in [2.24, 2.45) is 0 Å². The first-order chi connectivity index (χ1) is 6.93. The molecule has 0 radical (unpaired) electrons. The summed E-state index contributed by atoms with van der Waals surface area (Å²) in [6.45, 7) is 3.46. The number of nitrogens with two attached hydrogens (primary N) is 1. The Kier molecular flexibility index (Phi) is 3.25. The summed E-state index contributed by atoms with van der Waals surface area (Å²) >= 11 is 5.86. The molecule has 0 aliphatic heterocycles. The Morgan fingerprint density at radius 3 is 2.67 bits per heavy atom. The second-order valence-corrected chi connectivity index (χ2v) is 4.10. The molecule has 3 nitrogen and oxygen atoms in total. The van der Waals surface area contributed by atoms with E-state index in [9.17, 15) is 9.90 Å². The third-order valence-corrected chi connectivity index (χ3v) is 3.16. The van der Waals surface area contributed by atoms with E-state index in [1.54, 1.807) is 25.1 Å². The summed E-state index contributed by atoms with van der Waals surface area (Å²) in [4.78, 5) is 11.2. The van der Waals surface area contributed by atoms with E-state index in [0.29, 0.717) is 22.7 Å². The number of anilines is 1. The maximum atomic E-state index is 11.2. The normalized spacial score (nSPS) is 14.6. The van der Waals surface area contributed by atoms with Gasteiger partial charge in [0.15, 0.2) is 0 Å². The third kappa shape index (κ3) is 1.92. The minimum absolute atomic E-state index is 0.353. The topological polar surface area (TPSA) is 63.3 Å². The van der Waals surface area contributed by atoms with Crippen molar-refractivity contribution in [3.05, 3.63) is 28.8 Å². The van der Waals surface area contributed by atoms with Gasteiger partial charge in [-0.05, 0) is 25.0 Å². The van der Waals surface area contributed by atoms with Gasteiger partial charge in [-0.25, -0.2) is 0 Å². The smallest absolute Gasteiger partial charge is 0.313 e. The predicted octanol–water partition coefficient (Wildman–Crippen LogP) is 2.67. The zero-order valence-corrected chi connectivity index (χ0v) is 9.51. The molecule has 1 aromatic rings. The highest BCUT2D eigenvalue weighted by atomic mass is 35.5. The molecule has 1 unspecified atom stereocenters. The Morgan fingerprint density at radius 2 is 2.20 bits per heavy atom. The number of hydrogen-bond acceptors (Lipinski definition) is 2. The number of benzene rings is 1. The molecule has 4 heteroatoms. The van der Waals surface area contributed by atoms with Crippen molar-refractivity contribution in [3.63, 3.8) is 0 Å². The van der Waals surface area contributed by atoms with Crippen molar-refractivity contribution in [3.8, 4) is 0 Å². The lowest BCUT2D eigenvalue weighted by Crippen LogP contribution is -2.32. The fraction of sp³-hybridized carbons (Fsp3) is 0.364. The van der Waals surface area contributed by atoms with Gasteiger partial charge in [0.25, 0.3) is 0 Å². The molecule has 0 heterocycles. The highest BCUT2D eigenvalue weighted by Crippen LogP contribution is 2.35. The van der Waals surface area contributed by atoms with Crippen molar-refractivity contribution < 1.29 is 9.90 Å². The number of carboxylic acids is 1. The number of carboxylic acid groups (broad SMARTS) is 1. The van der Waals surface area contributed by atoms with Crippen LogP contribution in [0.2, 0.25) is 5.02 Å². The Balaban J connectivity index is 3.37. The number of para-hydroxylation sites is 1. The number of halogens is 1. The SMILES string of the molecule is CCC(C)(C(=O)O)c1cccc(Cl)c1N. The Bertz CT molecular complexity index is 392. The van der Waals surface area contributed by atoms with Gasteiger partial charge in [-0.2, -0.15) is 0 Å². The fourth-order valence-electron chi connectivity index (χ4n) is 1.48. The molecule has 0 saturated heterocycles. The Morgan fingerprint density at radius 1 is 1.60 bits per heavy atom. The van der Waals surface area contributed by atoms with Crippen LogP contribution in [-0.4, -0.2) is 11.1 Å². The monoisotopic (exact) mass is 227 g/mol. The van der Waals surface area contributed by atoms with E-state index in [0.717, 1.165) is 0 Å². The van der Waals surface area contributed by atoms with Crippen molar-refractivity contribution >= 4 is 23.3 Å². The van der Waals surface area contributed by atoms with Crippen LogP contribution in [0.3, 0.4) is 0 Å². The average molecular weight is 228 g/mol. The van der Waals surface area contributed by atoms with Gasteiger partial charge in [0, 0.05) is 0 Å². The second kappa shape index (κ2) is 4.11. The molecular weight excluding hydrogens is 214 g/mol. The number of carbonyl (C=O) groups is 1. The molecule has 0 saturated carbocycles. The average Bonchev–Trinajstić information content (AvgIpc) is 2.20. The lowest BCUT2D eigenvalue weighted by molar-refractivity contribution is -0.143. The molecule has 1 aromatic carbocycles. The van der Waals surface area contributed by atoms with Crippen LogP contribution in [0.25, 0.3) is 0 Å². The lowest BCUT2D eigenvalue weighted by atomic mass is 9.79. The van der Waals surface area contributed by atoms with Crippen molar-refractivity contribution in [2.75, 3.05) is 5.73 Å². The molecule has 0 aliphatic rings. The largest absolute Gasteiger partial charge is 0.481 e. The van der Waals surface area contributed by atoms with Crippen LogP contribution in [0.15, 0.2) is 18.2 Å². The van der Waals surface area contributed by atoms with Crippen LogP contribution in [0.4, 0.5) is 5.69 Å². The molecule has 0 spiro atoms. The summed E-state index contributed by atoms with van der Waals surface area (Å²) in [5, 5.41) is 9.60. The molecular formula is C11H14ClNO2. The Labute approximate surface area is 93.9 Å². The molecule has 0 bridgehead atoms. The summed E-state index contributed by atoms with van der Waals surface area (Å²) in [6.07, 6.45) is 0.465. The fourth-order valence-corrected chi connectivity index (χ4v) is 1.65. The summed E-state index contributed by atoms with van der Waals surface area (Å²) < 4.78 is 0. The van der Waals surface area contributed by atoms with Crippen LogP contribution in [0.5, 0.6) is 0 Å². The first kappa shape index (κ1) is 11.9. The van der Waals surface area contributed by atoms with Gasteiger partial charge in [0.05, 0.1) is 16.1 Å². The maximum absolute atomic E-state index is 11.2. The summed E-state index contributed by atoms with van der Waals surface area (Å²) in [5.41, 5.74) is 5.74.